The predicted octanol–water partition coefficient (Wildman–Crippen LogP) is 5.19. The van der Waals surface area contributed by atoms with Gasteiger partial charge in [-0.3, -0.25) is 14.9 Å². The Morgan fingerprint density at radius 1 is 1.16 bits per heavy atom. The molecule has 2 aromatic carbocycles. The Labute approximate surface area is 158 Å². The highest BCUT2D eigenvalue weighted by atomic mass is 35.5. The standard InChI is InChI=1S/C16H13Cl3N2O4/c1-8-13(17)9(2)15(19)16(14(8)18)25-7-12(22)20-10-4-3-5-11(6-10)21(23)24/h3-6H,7H2,1-2H3,(H,20,22). The number of halogens is 3. The van der Waals surface area contributed by atoms with Gasteiger partial charge in [0.1, 0.15) is 0 Å². The minimum absolute atomic E-state index is 0.131. The lowest BCUT2D eigenvalue weighted by Gasteiger charge is -2.15. The molecule has 6 nitrogen and oxygen atoms in total. The van der Waals surface area contributed by atoms with Crippen LogP contribution in [0.2, 0.25) is 15.1 Å². The van der Waals surface area contributed by atoms with Crippen molar-refractivity contribution in [1.29, 1.82) is 0 Å². The number of nitro benzene ring substituents is 1. The van der Waals surface area contributed by atoms with Crippen LogP contribution < -0.4 is 10.1 Å². The minimum Gasteiger partial charge on any atom is -0.481 e. The highest BCUT2D eigenvalue weighted by molar-refractivity contribution is 6.42. The molecule has 0 spiro atoms. The first kappa shape index (κ1) is 19.3. The normalized spacial score (nSPS) is 10.4. The minimum atomic E-state index is -0.551. The number of nitrogens with zero attached hydrogens (tertiary/aromatic N) is 1. The molecule has 25 heavy (non-hydrogen) atoms. The quantitative estimate of drug-likeness (QED) is 0.550. The first-order chi connectivity index (χ1) is 11.7. The van der Waals surface area contributed by atoms with Gasteiger partial charge in [0.2, 0.25) is 0 Å². The van der Waals surface area contributed by atoms with E-state index in [0.717, 1.165) is 0 Å². The van der Waals surface area contributed by atoms with Gasteiger partial charge in [0.05, 0.1) is 15.0 Å². The van der Waals surface area contributed by atoms with E-state index in [2.05, 4.69) is 5.32 Å². The summed E-state index contributed by atoms with van der Waals surface area (Å²) < 4.78 is 5.43. The molecule has 0 aromatic heterocycles. The number of hydrogen-bond acceptors (Lipinski definition) is 4. The van der Waals surface area contributed by atoms with E-state index in [9.17, 15) is 14.9 Å². The van der Waals surface area contributed by atoms with Crippen molar-refractivity contribution < 1.29 is 14.5 Å². The summed E-state index contributed by atoms with van der Waals surface area (Å²) in [6, 6.07) is 5.56. The van der Waals surface area contributed by atoms with Crippen molar-refractivity contribution in [2.75, 3.05) is 11.9 Å². The summed E-state index contributed by atoms with van der Waals surface area (Å²) in [7, 11) is 0. The molecule has 0 aliphatic rings. The van der Waals surface area contributed by atoms with Gasteiger partial charge < -0.3 is 10.1 Å². The van der Waals surface area contributed by atoms with Crippen LogP contribution in [-0.4, -0.2) is 17.4 Å². The molecule has 0 bridgehead atoms. The maximum atomic E-state index is 12.0. The fourth-order valence-corrected chi connectivity index (χ4v) is 2.89. The fraction of sp³-hybridized carbons (Fsp3) is 0.188. The number of non-ortho nitro benzene ring substituents is 1. The molecule has 2 aromatic rings. The molecule has 0 atom stereocenters. The van der Waals surface area contributed by atoms with E-state index >= 15 is 0 Å². The molecule has 0 aliphatic heterocycles. The maximum absolute atomic E-state index is 12.0. The summed E-state index contributed by atoms with van der Waals surface area (Å²) in [5.74, 6) is -0.352. The van der Waals surface area contributed by atoms with Gasteiger partial charge in [0, 0.05) is 22.8 Å². The van der Waals surface area contributed by atoms with E-state index in [0.29, 0.717) is 16.1 Å². The van der Waals surface area contributed by atoms with Crippen molar-refractivity contribution in [2.24, 2.45) is 0 Å². The summed E-state index contributed by atoms with van der Waals surface area (Å²) in [6.45, 7) is 3.05. The second-order valence-electron chi connectivity index (χ2n) is 5.17. The van der Waals surface area contributed by atoms with Crippen LogP contribution in [0, 0.1) is 24.0 Å². The van der Waals surface area contributed by atoms with Gasteiger partial charge in [0.15, 0.2) is 12.4 Å². The summed E-state index contributed by atoms with van der Waals surface area (Å²) in [4.78, 5) is 22.2. The van der Waals surface area contributed by atoms with Crippen molar-refractivity contribution >= 4 is 52.1 Å². The molecular formula is C16H13Cl3N2O4. The van der Waals surface area contributed by atoms with Crippen molar-refractivity contribution in [3.05, 3.63) is 60.6 Å². The van der Waals surface area contributed by atoms with Crippen LogP contribution in [0.1, 0.15) is 11.1 Å². The molecule has 0 radical (unpaired) electrons. The Balaban J connectivity index is 2.11. The monoisotopic (exact) mass is 402 g/mol. The number of hydrogen-bond donors (Lipinski definition) is 1. The van der Waals surface area contributed by atoms with Crippen LogP contribution in [-0.2, 0) is 4.79 Å². The van der Waals surface area contributed by atoms with Gasteiger partial charge in [-0.2, -0.15) is 0 Å². The number of carbonyl (C=O) groups excluding carboxylic acids is 1. The highest BCUT2D eigenvalue weighted by Crippen LogP contribution is 2.42. The van der Waals surface area contributed by atoms with E-state index < -0.39 is 10.8 Å². The van der Waals surface area contributed by atoms with E-state index in [1.165, 1.54) is 24.3 Å². The van der Waals surface area contributed by atoms with E-state index in [1.807, 2.05) is 0 Å². The third kappa shape index (κ3) is 4.34. The Kier molecular flexibility index (Phi) is 6.11. The summed E-state index contributed by atoms with van der Waals surface area (Å²) in [5, 5.41) is 14.1. The zero-order valence-corrected chi connectivity index (χ0v) is 15.5. The number of benzene rings is 2. The molecule has 1 N–H and O–H groups in total. The lowest BCUT2D eigenvalue weighted by atomic mass is 10.1. The van der Waals surface area contributed by atoms with Gasteiger partial charge in [0.25, 0.3) is 11.6 Å². The smallest absolute Gasteiger partial charge is 0.271 e. The molecule has 0 fully saturated rings. The van der Waals surface area contributed by atoms with Crippen LogP contribution >= 0.6 is 34.8 Å². The number of rotatable bonds is 5. The number of anilines is 1. The summed E-state index contributed by atoms with van der Waals surface area (Å²) in [6.07, 6.45) is 0. The predicted molar refractivity (Wildman–Crippen MR) is 98.2 cm³/mol. The molecule has 9 heteroatoms. The zero-order chi connectivity index (χ0) is 18.7. The van der Waals surface area contributed by atoms with Gasteiger partial charge in [-0.15, -0.1) is 0 Å². The lowest BCUT2D eigenvalue weighted by molar-refractivity contribution is -0.384. The largest absolute Gasteiger partial charge is 0.481 e. The molecule has 132 valence electrons. The topological polar surface area (TPSA) is 81.5 Å². The first-order valence-corrected chi connectivity index (χ1v) is 8.16. The van der Waals surface area contributed by atoms with Crippen molar-refractivity contribution in [1.82, 2.24) is 0 Å². The molecule has 0 unspecified atom stereocenters. The second kappa shape index (κ2) is 7.91. The molecule has 0 heterocycles. The first-order valence-electron chi connectivity index (χ1n) is 7.03. The molecule has 0 saturated carbocycles. The van der Waals surface area contributed by atoms with Crippen molar-refractivity contribution in [2.45, 2.75) is 13.8 Å². The second-order valence-corrected chi connectivity index (χ2v) is 6.30. The molecule has 2 rings (SSSR count). The van der Waals surface area contributed by atoms with E-state index in [4.69, 9.17) is 39.5 Å². The molecular weight excluding hydrogens is 391 g/mol. The SMILES string of the molecule is Cc1c(Cl)c(C)c(Cl)c(OCC(=O)Nc2cccc([N+](=O)[O-])c2)c1Cl. The molecule has 0 aliphatic carbocycles. The van der Waals surface area contributed by atoms with Crippen LogP contribution in [0.25, 0.3) is 0 Å². The lowest BCUT2D eigenvalue weighted by Crippen LogP contribution is -2.20. The van der Waals surface area contributed by atoms with Crippen LogP contribution in [0.5, 0.6) is 5.75 Å². The maximum Gasteiger partial charge on any atom is 0.271 e. The van der Waals surface area contributed by atoms with Crippen molar-refractivity contribution in [3.8, 4) is 5.75 Å². The number of amides is 1. The van der Waals surface area contributed by atoms with Gasteiger partial charge >= 0.3 is 0 Å². The Bertz CT molecular complexity index is 827. The number of ether oxygens (including phenoxy) is 1. The van der Waals surface area contributed by atoms with Gasteiger partial charge in [-0.05, 0) is 31.0 Å². The summed E-state index contributed by atoms with van der Waals surface area (Å²) >= 11 is 18.5. The van der Waals surface area contributed by atoms with Crippen molar-refractivity contribution in [3.63, 3.8) is 0 Å². The summed E-state index contributed by atoms with van der Waals surface area (Å²) in [5.41, 5.74) is 1.34. The number of nitrogens with one attached hydrogen (secondary N) is 1. The molecule has 0 saturated heterocycles. The van der Waals surface area contributed by atoms with E-state index in [-0.39, 0.29) is 33.8 Å². The average molecular weight is 404 g/mol. The fourth-order valence-electron chi connectivity index (χ4n) is 2.07. The van der Waals surface area contributed by atoms with Crippen LogP contribution in [0.15, 0.2) is 24.3 Å². The number of carbonyl (C=O) groups is 1. The van der Waals surface area contributed by atoms with Gasteiger partial charge in [-0.1, -0.05) is 40.9 Å². The van der Waals surface area contributed by atoms with E-state index in [1.54, 1.807) is 13.8 Å². The molecule has 1 amide bonds. The van der Waals surface area contributed by atoms with Gasteiger partial charge in [-0.25, -0.2) is 0 Å². The Morgan fingerprint density at radius 3 is 2.32 bits per heavy atom. The highest BCUT2D eigenvalue weighted by Gasteiger charge is 2.19. The van der Waals surface area contributed by atoms with Crippen LogP contribution in [0.3, 0.4) is 0 Å². The average Bonchev–Trinajstić information content (AvgIpc) is 2.58. The Hall–Kier alpha value is -2.02. The zero-order valence-electron chi connectivity index (χ0n) is 13.2. The number of nitro groups is 1. The third-order valence-electron chi connectivity index (χ3n) is 3.40. The van der Waals surface area contributed by atoms with Crippen LogP contribution in [0.4, 0.5) is 11.4 Å². The Morgan fingerprint density at radius 2 is 1.76 bits per heavy atom. The third-order valence-corrected chi connectivity index (χ3v) is 4.88.